The maximum absolute atomic E-state index is 13.4. The lowest BCUT2D eigenvalue weighted by Gasteiger charge is -2.21. The topological polar surface area (TPSA) is 132 Å². The maximum atomic E-state index is 13.4. The number of Topliss-reactive ketones (excluding diaryl/α,β-unsaturated/α-hetero) is 1. The quantitative estimate of drug-likeness (QED) is 0.298. The van der Waals surface area contributed by atoms with E-state index in [0.717, 1.165) is 11.1 Å². The molecule has 2 aromatic carbocycles. The highest BCUT2D eigenvalue weighted by Crippen LogP contribution is 2.30. The molecule has 1 atom stereocenters. The summed E-state index contributed by atoms with van der Waals surface area (Å²) in [4.78, 5) is 43.9. The number of carbonyl (C=O) groups excluding carboxylic acids is 2. The molecule has 202 valence electrons. The highest BCUT2D eigenvalue weighted by Gasteiger charge is 2.34. The zero-order chi connectivity index (χ0) is 28.2. The second-order valence-electron chi connectivity index (χ2n) is 10.1. The molecule has 0 fully saturated rings. The number of hydrogen-bond donors (Lipinski definition) is 2. The Hall–Kier alpha value is -4.60. The van der Waals surface area contributed by atoms with Crippen molar-refractivity contribution in [3.8, 4) is 11.3 Å². The number of anilines is 1. The summed E-state index contributed by atoms with van der Waals surface area (Å²) in [5, 5.41) is 13.7. The van der Waals surface area contributed by atoms with Gasteiger partial charge in [0, 0.05) is 7.05 Å². The summed E-state index contributed by atoms with van der Waals surface area (Å²) in [5.41, 5.74) is 1.09. The van der Waals surface area contributed by atoms with Crippen LogP contribution in [0.2, 0.25) is 0 Å². The van der Waals surface area contributed by atoms with Crippen molar-refractivity contribution in [1.29, 1.82) is 0 Å². The number of nitrogens with zero attached hydrogens (tertiary/aromatic N) is 4. The maximum Gasteiger partial charge on any atom is 0.294 e. The zero-order valence-electron chi connectivity index (χ0n) is 22.6. The lowest BCUT2D eigenvalue weighted by atomic mass is 9.85. The summed E-state index contributed by atoms with van der Waals surface area (Å²) in [6, 6.07) is 17.9. The molecule has 2 aromatic heterocycles. The Morgan fingerprint density at radius 1 is 1.00 bits per heavy atom. The van der Waals surface area contributed by atoms with E-state index in [1.54, 1.807) is 20.9 Å². The van der Waals surface area contributed by atoms with Crippen LogP contribution in [0.4, 0.5) is 5.82 Å². The first-order chi connectivity index (χ1) is 18.6. The predicted octanol–water partition coefficient (Wildman–Crippen LogP) is 3.68. The number of aromatic nitrogens is 4. The molecule has 0 saturated heterocycles. The molecule has 2 heterocycles. The molecule has 1 amide bonds. The summed E-state index contributed by atoms with van der Waals surface area (Å²) in [5.74, 6) is -1.08. The fraction of sp³-hybridized carbons (Fsp3) is 0.310. The molecule has 0 spiro atoms. The Kier molecular flexibility index (Phi) is 8.04. The highest BCUT2D eigenvalue weighted by molar-refractivity contribution is 5.98. The summed E-state index contributed by atoms with van der Waals surface area (Å²) in [6.45, 7) is 7.17. The third-order valence-electron chi connectivity index (χ3n) is 6.59. The van der Waals surface area contributed by atoms with E-state index >= 15 is 0 Å². The van der Waals surface area contributed by atoms with Crippen LogP contribution in [0.1, 0.15) is 49.8 Å². The van der Waals surface area contributed by atoms with Crippen LogP contribution < -0.4 is 16.2 Å². The van der Waals surface area contributed by atoms with E-state index in [0.29, 0.717) is 11.6 Å². The lowest BCUT2D eigenvalue weighted by Crippen LogP contribution is -2.46. The van der Waals surface area contributed by atoms with Gasteiger partial charge in [-0.1, -0.05) is 74.5 Å². The van der Waals surface area contributed by atoms with Gasteiger partial charge in [-0.2, -0.15) is 0 Å². The highest BCUT2D eigenvalue weighted by atomic mass is 16.4. The SMILES string of the molecule is CNc1ncc(-c2ccccc2)n(CC(=O)N[C@H](C(=O)c2nnc(C(C)(C)c3ccccc3)o2)C(C)C)c1=O. The van der Waals surface area contributed by atoms with Crippen LogP contribution >= 0.6 is 0 Å². The minimum atomic E-state index is -0.938. The van der Waals surface area contributed by atoms with E-state index < -0.39 is 28.7 Å². The summed E-state index contributed by atoms with van der Waals surface area (Å²) >= 11 is 0. The van der Waals surface area contributed by atoms with E-state index in [4.69, 9.17) is 4.42 Å². The van der Waals surface area contributed by atoms with Gasteiger partial charge < -0.3 is 15.1 Å². The molecular weight excluding hydrogens is 496 g/mol. The molecule has 4 aromatic rings. The summed E-state index contributed by atoms with van der Waals surface area (Å²) < 4.78 is 7.16. The van der Waals surface area contributed by atoms with Crippen molar-refractivity contribution in [2.24, 2.45) is 5.92 Å². The first kappa shape index (κ1) is 27.4. The van der Waals surface area contributed by atoms with Gasteiger partial charge in [0.25, 0.3) is 11.4 Å². The average Bonchev–Trinajstić information content (AvgIpc) is 3.45. The van der Waals surface area contributed by atoms with Crippen molar-refractivity contribution in [2.45, 2.75) is 45.7 Å². The molecule has 4 rings (SSSR count). The fourth-order valence-corrected chi connectivity index (χ4v) is 4.24. The normalized spacial score (nSPS) is 12.3. The predicted molar refractivity (Wildman–Crippen MR) is 147 cm³/mol. The Bertz CT molecular complexity index is 1510. The van der Waals surface area contributed by atoms with Gasteiger partial charge in [0.05, 0.1) is 23.3 Å². The molecule has 0 aliphatic carbocycles. The van der Waals surface area contributed by atoms with Gasteiger partial charge in [0.2, 0.25) is 17.6 Å². The number of benzene rings is 2. The summed E-state index contributed by atoms with van der Waals surface area (Å²) in [7, 11) is 1.58. The minimum absolute atomic E-state index is 0.110. The molecule has 0 radical (unpaired) electrons. The van der Waals surface area contributed by atoms with Crippen molar-refractivity contribution in [2.75, 3.05) is 12.4 Å². The second-order valence-corrected chi connectivity index (χ2v) is 10.1. The Morgan fingerprint density at radius 2 is 1.64 bits per heavy atom. The van der Waals surface area contributed by atoms with Gasteiger partial charge in [0.1, 0.15) is 6.54 Å². The monoisotopic (exact) mass is 528 g/mol. The third kappa shape index (κ3) is 5.79. The van der Waals surface area contributed by atoms with E-state index in [1.165, 1.54) is 10.8 Å². The molecule has 0 unspecified atom stereocenters. The van der Waals surface area contributed by atoms with Crippen molar-refractivity contribution in [3.05, 3.63) is 94.6 Å². The Labute approximate surface area is 226 Å². The van der Waals surface area contributed by atoms with Crippen LogP contribution in [0.25, 0.3) is 11.3 Å². The number of ketones is 1. The number of hydrogen-bond acceptors (Lipinski definition) is 8. The smallest absolute Gasteiger partial charge is 0.294 e. The van der Waals surface area contributed by atoms with Gasteiger partial charge in [-0.3, -0.25) is 19.0 Å². The molecule has 0 aliphatic rings. The average molecular weight is 529 g/mol. The fourth-order valence-electron chi connectivity index (χ4n) is 4.24. The Morgan fingerprint density at radius 3 is 2.26 bits per heavy atom. The number of carbonyl (C=O) groups is 2. The standard InChI is InChI=1S/C29H32N6O4/c1-18(2)23(24(37)26-33-34-28(39-26)29(3,4)20-14-10-7-11-15-20)32-22(36)17-35-21(19-12-8-6-9-13-19)16-31-25(30-5)27(35)38/h6-16,18,23H,17H2,1-5H3,(H,30,31)(H,32,36)/t23-/m0/s1. The Balaban J connectivity index is 1.57. The molecule has 10 nitrogen and oxygen atoms in total. The van der Waals surface area contributed by atoms with Crippen molar-refractivity contribution in [3.63, 3.8) is 0 Å². The zero-order valence-corrected chi connectivity index (χ0v) is 22.6. The van der Waals surface area contributed by atoms with Gasteiger partial charge in [-0.05, 0) is 30.9 Å². The number of nitrogens with one attached hydrogen (secondary N) is 2. The number of rotatable bonds is 10. The molecule has 39 heavy (non-hydrogen) atoms. The molecule has 0 aliphatic heterocycles. The van der Waals surface area contributed by atoms with Crippen molar-refractivity contribution < 1.29 is 14.0 Å². The lowest BCUT2D eigenvalue weighted by molar-refractivity contribution is -0.122. The van der Waals surface area contributed by atoms with Gasteiger partial charge in [-0.25, -0.2) is 4.98 Å². The van der Waals surface area contributed by atoms with Crippen LogP contribution in [0, 0.1) is 5.92 Å². The third-order valence-corrected chi connectivity index (χ3v) is 6.59. The van der Waals surface area contributed by atoms with Crippen LogP contribution in [0.5, 0.6) is 0 Å². The molecule has 10 heteroatoms. The van der Waals surface area contributed by atoms with E-state index in [1.807, 2.05) is 74.5 Å². The van der Waals surface area contributed by atoms with Crippen LogP contribution in [0.15, 0.2) is 76.1 Å². The van der Waals surface area contributed by atoms with Crippen molar-refractivity contribution >= 4 is 17.5 Å². The molecule has 0 bridgehead atoms. The first-order valence-corrected chi connectivity index (χ1v) is 12.7. The largest absolute Gasteiger partial charge is 0.417 e. The molecule has 2 N–H and O–H groups in total. The van der Waals surface area contributed by atoms with E-state index in [2.05, 4.69) is 25.8 Å². The second kappa shape index (κ2) is 11.4. The minimum Gasteiger partial charge on any atom is -0.417 e. The van der Waals surface area contributed by atoms with Crippen molar-refractivity contribution in [1.82, 2.24) is 25.1 Å². The van der Waals surface area contributed by atoms with Gasteiger partial charge >= 0.3 is 0 Å². The number of amides is 1. The van der Waals surface area contributed by atoms with Crippen LogP contribution in [-0.4, -0.2) is 44.5 Å². The molecule has 0 saturated carbocycles. The van der Waals surface area contributed by atoms with Gasteiger partial charge in [-0.15, -0.1) is 10.2 Å². The van der Waals surface area contributed by atoms with Crippen LogP contribution in [0.3, 0.4) is 0 Å². The first-order valence-electron chi connectivity index (χ1n) is 12.7. The summed E-state index contributed by atoms with van der Waals surface area (Å²) in [6.07, 6.45) is 1.54. The van der Waals surface area contributed by atoms with Gasteiger partial charge in [0.15, 0.2) is 5.82 Å². The molecular formula is C29H32N6O4. The van der Waals surface area contributed by atoms with E-state index in [-0.39, 0.29) is 24.2 Å². The van der Waals surface area contributed by atoms with E-state index in [9.17, 15) is 14.4 Å². The van der Waals surface area contributed by atoms with Crippen LogP contribution in [-0.2, 0) is 16.8 Å².